The number of ether oxygens (including phenoxy) is 1. The number of nitrogens with two attached hydrogens (primary N) is 1. The second kappa shape index (κ2) is 11.8. The average Bonchev–Trinajstić information content (AvgIpc) is 3.49. The van der Waals surface area contributed by atoms with Crippen molar-refractivity contribution in [3.63, 3.8) is 0 Å². The Morgan fingerprint density at radius 3 is 2.44 bits per heavy atom. The van der Waals surface area contributed by atoms with Crippen molar-refractivity contribution in [3.05, 3.63) is 54.5 Å². The van der Waals surface area contributed by atoms with E-state index in [0.717, 1.165) is 48.5 Å². The van der Waals surface area contributed by atoms with Gasteiger partial charge in [-0.1, -0.05) is 12.1 Å². The lowest BCUT2D eigenvalue weighted by atomic mass is 10.0. The summed E-state index contributed by atoms with van der Waals surface area (Å²) in [6.07, 6.45) is 4.00. The summed E-state index contributed by atoms with van der Waals surface area (Å²) < 4.78 is 5.37. The molecule has 0 saturated carbocycles. The number of fused-ring (bicyclic) bond motifs is 1. The monoisotopic (exact) mass is 582 g/mol. The molecule has 3 saturated heterocycles. The summed E-state index contributed by atoms with van der Waals surface area (Å²) in [7, 11) is 2.21. The van der Waals surface area contributed by atoms with Gasteiger partial charge >= 0.3 is 0 Å². The zero-order chi connectivity index (χ0) is 29.3. The number of carbonyl (C=O) groups is 1. The highest BCUT2D eigenvalue weighted by Gasteiger charge is 2.28. The van der Waals surface area contributed by atoms with E-state index in [2.05, 4.69) is 54.5 Å². The van der Waals surface area contributed by atoms with Crippen LogP contribution in [0.3, 0.4) is 0 Å². The molecule has 0 atom stereocenters. The van der Waals surface area contributed by atoms with Crippen LogP contribution in [0.15, 0.2) is 48.8 Å². The Hall–Kier alpha value is -4.26. The van der Waals surface area contributed by atoms with E-state index in [9.17, 15) is 4.79 Å². The first kappa shape index (κ1) is 27.6. The van der Waals surface area contributed by atoms with Crippen molar-refractivity contribution < 1.29 is 9.53 Å². The minimum absolute atomic E-state index is 0.0630. The lowest BCUT2D eigenvalue weighted by Crippen LogP contribution is -2.52. The summed E-state index contributed by atoms with van der Waals surface area (Å²) in [6, 6.07) is 14.8. The lowest BCUT2D eigenvalue weighted by molar-refractivity contribution is 0.0209. The van der Waals surface area contributed by atoms with Crippen LogP contribution in [0, 0.1) is 0 Å². The van der Waals surface area contributed by atoms with Gasteiger partial charge in [0.1, 0.15) is 5.69 Å². The maximum Gasteiger partial charge on any atom is 0.271 e. The number of amides is 1. The minimum atomic E-state index is -0.663. The predicted octanol–water partition coefficient (Wildman–Crippen LogP) is 2.89. The third-order valence-corrected chi connectivity index (χ3v) is 8.83. The van der Waals surface area contributed by atoms with Crippen LogP contribution in [0.2, 0.25) is 0 Å². The van der Waals surface area contributed by atoms with Gasteiger partial charge in [-0.3, -0.25) is 9.69 Å². The Balaban J connectivity index is 1.11. The summed E-state index contributed by atoms with van der Waals surface area (Å²) in [6.45, 7) is 7.89. The number of likely N-dealkylation sites (N-methyl/N-ethyl adjacent to an activating group) is 1. The molecule has 224 valence electrons. The van der Waals surface area contributed by atoms with Gasteiger partial charge < -0.3 is 35.9 Å². The Bertz CT molecular complexity index is 1590. The number of H-pyrrole nitrogens is 1. The Labute approximate surface area is 250 Å². The predicted molar refractivity (Wildman–Crippen MR) is 168 cm³/mol. The normalized spacial score (nSPS) is 19.0. The average molecular weight is 583 g/mol. The van der Waals surface area contributed by atoms with Crippen LogP contribution < -0.4 is 21.3 Å². The van der Waals surface area contributed by atoms with Crippen LogP contribution in [-0.2, 0) is 4.74 Å². The highest BCUT2D eigenvalue weighted by Crippen LogP contribution is 2.34. The van der Waals surface area contributed by atoms with Gasteiger partial charge in [0.25, 0.3) is 5.91 Å². The number of nitrogens with zero attached hydrogens (tertiary/aromatic N) is 6. The van der Waals surface area contributed by atoms with E-state index in [1.807, 2.05) is 30.3 Å². The number of para-hydroxylation sites is 1. The molecule has 4 aromatic rings. The number of hydrogen-bond acceptors (Lipinski definition) is 10. The van der Waals surface area contributed by atoms with Crippen LogP contribution in [0.5, 0.6) is 0 Å². The standard InChI is InChI=1S/C31H38N10O2/c1-39-13-15-41(16-14-39)23-9-11-40(12-10-23)22-7-5-20(6-8-22)35-31-28(29(32)42)37-27(30(38-31)36-21-17-43-18-21)24-3-2-4-25-26(24)34-19-33-25/h2-8,19,21,23H,9-18H2,1H3,(H2,32,42)(H,33,34)(H2,35,36,38). The first-order chi connectivity index (χ1) is 21.0. The minimum Gasteiger partial charge on any atom is -0.377 e. The van der Waals surface area contributed by atoms with E-state index in [4.69, 9.17) is 20.4 Å². The van der Waals surface area contributed by atoms with Gasteiger partial charge in [-0.05, 0) is 50.2 Å². The third-order valence-electron chi connectivity index (χ3n) is 8.83. The molecule has 0 bridgehead atoms. The first-order valence-corrected chi connectivity index (χ1v) is 15.0. The van der Waals surface area contributed by atoms with Crippen molar-refractivity contribution in [2.75, 3.05) is 75.1 Å². The number of nitrogens with one attached hydrogen (secondary N) is 3. The van der Waals surface area contributed by atoms with E-state index in [1.54, 1.807) is 6.33 Å². The second-order valence-electron chi connectivity index (χ2n) is 11.7. The number of imidazole rings is 1. The summed E-state index contributed by atoms with van der Waals surface area (Å²) in [4.78, 5) is 37.4. The maximum absolute atomic E-state index is 12.6. The molecule has 0 radical (unpaired) electrons. The zero-order valence-electron chi connectivity index (χ0n) is 24.4. The fourth-order valence-electron chi connectivity index (χ4n) is 6.22. The van der Waals surface area contributed by atoms with Gasteiger partial charge in [0.15, 0.2) is 17.3 Å². The molecule has 3 aliphatic rings. The van der Waals surface area contributed by atoms with Gasteiger partial charge in [0.05, 0.1) is 36.6 Å². The molecule has 5 heterocycles. The smallest absolute Gasteiger partial charge is 0.271 e. The quantitative estimate of drug-likeness (QED) is 0.245. The molecule has 0 unspecified atom stereocenters. The zero-order valence-corrected chi connectivity index (χ0v) is 24.4. The molecule has 12 heteroatoms. The van der Waals surface area contributed by atoms with Crippen molar-refractivity contribution in [2.24, 2.45) is 5.73 Å². The molecule has 5 N–H and O–H groups in total. The fourth-order valence-corrected chi connectivity index (χ4v) is 6.22. The molecule has 3 fully saturated rings. The number of hydrogen-bond donors (Lipinski definition) is 4. The molecule has 2 aromatic heterocycles. The van der Waals surface area contributed by atoms with E-state index < -0.39 is 5.91 Å². The number of benzene rings is 2. The van der Waals surface area contributed by atoms with Gasteiger partial charge in [-0.25, -0.2) is 15.0 Å². The highest BCUT2D eigenvalue weighted by molar-refractivity contribution is 5.99. The number of anilines is 4. The molecule has 0 spiro atoms. The Morgan fingerprint density at radius 2 is 1.74 bits per heavy atom. The molecule has 12 nitrogen and oxygen atoms in total. The summed E-state index contributed by atoms with van der Waals surface area (Å²) in [5, 5.41) is 6.74. The number of carbonyl (C=O) groups excluding carboxylic acids is 1. The molecule has 0 aliphatic carbocycles. The summed E-state index contributed by atoms with van der Waals surface area (Å²) >= 11 is 0. The molecule has 2 aromatic carbocycles. The fraction of sp³-hybridized carbons (Fsp3) is 0.419. The van der Waals surface area contributed by atoms with E-state index in [-0.39, 0.29) is 11.7 Å². The SMILES string of the molecule is CN1CCN(C2CCN(c3ccc(Nc4nc(NC5COC5)c(-c5cccc6[nH]cnc56)nc4C(N)=O)cc3)CC2)CC1. The van der Waals surface area contributed by atoms with Crippen LogP contribution >= 0.6 is 0 Å². The molecular formula is C31H38N10O2. The number of aromatic nitrogens is 4. The number of piperidine rings is 1. The molecule has 43 heavy (non-hydrogen) atoms. The third kappa shape index (κ3) is 5.73. The maximum atomic E-state index is 12.6. The van der Waals surface area contributed by atoms with Crippen LogP contribution in [0.25, 0.3) is 22.3 Å². The van der Waals surface area contributed by atoms with E-state index in [0.29, 0.717) is 36.6 Å². The van der Waals surface area contributed by atoms with Gasteiger partial charge in [0.2, 0.25) is 0 Å². The molecule has 7 rings (SSSR count). The van der Waals surface area contributed by atoms with Crippen molar-refractivity contribution in [3.8, 4) is 11.3 Å². The first-order valence-electron chi connectivity index (χ1n) is 15.0. The lowest BCUT2D eigenvalue weighted by Gasteiger charge is -2.42. The van der Waals surface area contributed by atoms with Gasteiger partial charge in [-0.15, -0.1) is 0 Å². The van der Waals surface area contributed by atoms with Crippen molar-refractivity contribution in [1.82, 2.24) is 29.7 Å². The van der Waals surface area contributed by atoms with Gasteiger partial charge in [0, 0.05) is 62.2 Å². The van der Waals surface area contributed by atoms with Crippen molar-refractivity contribution >= 4 is 40.0 Å². The van der Waals surface area contributed by atoms with Crippen molar-refractivity contribution in [2.45, 2.75) is 24.9 Å². The molecule has 3 aliphatic heterocycles. The van der Waals surface area contributed by atoms with Crippen molar-refractivity contribution in [1.29, 1.82) is 0 Å². The summed E-state index contributed by atoms with van der Waals surface area (Å²) in [5.41, 5.74) is 10.8. The molecule has 1 amide bonds. The number of primary amides is 1. The Morgan fingerprint density at radius 1 is 0.977 bits per heavy atom. The van der Waals surface area contributed by atoms with Crippen LogP contribution in [0.4, 0.5) is 23.0 Å². The summed E-state index contributed by atoms with van der Waals surface area (Å²) in [5.74, 6) is 0.175. The second-order valence-corrected chi connectivity index (χ2v) is 11.7. The largest absolute Gasteiger partial charge is 0.377 e. The highest BCUT2D eigenvalue weighted by atomic mass is 16.5. The van der Waals surface area contributed by atoms with E-state index >= 15 is 0 Å². The topological polar surface area (TPSA) is 141 Å². The Kier molecular flexibility index (Phi) is 7.56. The van der Waals surface area contributed by atoms with Crippen LogP contribution in [0.1, 0.15) is 23.3 Å². The number of piperazine rings is 1. The molecular weight excluding hydrogens is 544 g/mol. The number of rotatable bonds is 8. The van der Waals surface area contributed by atoms with E-state index in [1.165, 1.54) is 31.6 Å². The van der Waals surface area contributed by atoms with Gasteiger partial charge in [-0.2, -0.15) is 0 Å². The number of aromatic amines is 1. The van der Waals surface area contributed by atoms with Crippen LogP contribution in [-0.4, -0.2) is 107 Å².